The Labute approximate surface area is 184 Å². The Morgan fingerprint density at radius 2 is 1.68 bits per heavy atom. The molecule has 0 N–H and O–H groups in total. The molecule has 1 heterocycles. The van der Waals surface area contributed by atoms with Gasteiger partial charge in [0.25, 0.3) is 0 Å². The smallest absolute Gasteiger partial charge is 0.237 e. The number of likely N-dealkylation sites (N-methyl/N-ethyl adjacent to an activating group) is 1. The van der Waals surface area contributed by atoms with Crippen molar-refractivity contribution in [1.82, 2.24) is 14.7 Å². The van der Waals surface area contributed by atoms with Crippen LogP contribution in [0.25, 0.3) is 0 Å². The Morgan fingerprint density at radius 1 is 0.968 bits per heavy atom. The van der Waals surface area contributed by atoms with Gasteiger partial charge in [-0.2, -0.15) is 0 Å². The van der Waals surface area contributed by atoms with Gasteiger partial charge < -0.3 is 9.80 Å². The van der Waals surface area contributed by atoms with Gasteiger partial charge in [-0.15, -0.1) is 0 Å². The molecule has 3 rings (SSSR count). The maximum absolute atomic E-state index is 13.4. The van der Waals surface area contributed by atoms with Crippen molar-refractivity contribution in [2.24, 2.45) is 0 Å². The van der Waals surface area contributed by atoms with Gasteiger partial charge >= 0.3 is 0 Å². The van der Waals surface area contributed by atoms with E-state index < -0.39 is 0 Å². The van der Waals surface area contributed by atoms with E-state index in [1.54, 1.807) is 11.0 Å². The van der Waals surface area contributed by atoms with Crippen molar-refractivity contribution >= 4 is 11.8 Å². The molecule has 1 saturated heterocycles. The molecular formula is C25H32FN3O2. The van der Waals surface area contributed by atoms with Gasteiger partial charge in [-0.05, 0) is 43.0 Å². The van der Waals surface area contributed by atoms with Gasteiger partial charge in [0.15, 0.2) is 0 Å². The van der Waals surface area contributed by atoms with E-state index in [1.807, 2.05) is 36.1 Å². The van der Waals surface area contributed by atoms with E-state index in [2.05, 4.69) is 17.0 Å². The lowest BCUT2D eigenvalue weighted by atomic mass is 10.1. The molecule has 1 fully saturated rings. The summed E-state index contributed by atoms with van der Waals surface area (Å²) in [5.41, 5.74) is 2.05. The minimum atomic E-state index is -0.287. The summed E-state index contributed by atoms with van der Waals surface area (Å²) in [6.07, 6.45) is 2.33. The van der Waals surface area contributed by atoms with Crippen molar-refractivity contribution in [1.29, 1.82) is 0 Å². The zero-order valence-corrected chi connectivity index (χ0v) is 18.3. The standard InChI is InChI=1S/C25H32FN3O2/c1-2-28(19-22-11-6-12-23(26)18-22)25(31)20-27-14-16-29(17-15-27)24(30)13-7-10-21-8-4-3-5-9-21/h3-6,8-9,11-12,18H,2,7,10,13-17,19-20H2,1H3. The average molecular weight is 426 g/mol. The predicted molar refractivity (Wildman–Crippen MR) is 120 cm³/mol. The summed E-state index contributed by atoms with van der Waals surface area (Å²) < 4.78 is 13.4. The summed E-state index contributed by atoms with van der Waals surface area (Å²) in [6.45, 7) is 5.98. The van der Waals surface area contributed by atoms with Crippen LogP contribution in [0.3, 0.4) is 0 Å². The summed E-state index contributed by atoms with van der Waals surface area (Å²) in [5, 5.41) is 0. The van der Waals surface area contributed by atoms with Crippen LogP contribution in [0.2, 0.25) is 0 Å². The molecule has 2 aromatic rings. The first-order valence-corrected chi connectivity index (χ1v) is 11.1. The molecule has 0 aromatic heterocycles. The van der Waals surface area contributed by atoms with Gasteiger partial charge in [-0.3, -0.25) is 14.5 Å². The minimum absolute atomic E-state index is 0.0365. The van der Waals surface area contributed by atoms with Gasteiger partial charge in [0, 0.05) is 45.7 Å². The van der Waals surface area contributed by atoms with Crippen LogP contribution in [-0.2, 0) is 22.6 Å². The monoisotopic (exact) mass is 425 g/mol. The van der Waals surface area contributed by atoms with Crippen LogP contribution in [0.15, 0.2) is 54.6 Å². The third-order valence-corrected chi connectivity index (χ3v) is 5.78. The molecule has 6 heteroatoms. The third-order valence-electron chi connectivity index (χ3n) is 5.78. The number of hydrogen-bond acceptors (Lipinski definition) is 3. The van der Waals surface area contributed by atoms with E-state index in [1.165, 1.54) is 17.7 Å². The molecule has 0 bridgehead atoms. The Morgan fingerprint density at radius 3 is 2.35 bits per heavy atom. The Balaban J connectivity index is 1.39. The molecule has 0 saturated carbocycles. The number of nitrogens with zero attached hydrogens (tertiary/aromatic N) is 3. The molecular weight excluding hydrogens is 393 g/mol. The third kappa shape index (κ3) is 7.17. The first kappa shape index (κ1) is 22.9. The van der Waals surface area contributed by atoms with E-state index in [0.29, 0.717) is 52.2 Å². The molecule has 2 aromatic carbocycles. The fourth-order valence-corrected chi connectivity index (χ4v) is 3.93. The Bertz CT molecular complexity index is 851. The second-order valence-corrected chi connectivity index (χ2v) is 8.03. The average Bonchev–Trinajstić information content (AvgIpc) is 2.78. The minimum Gasteiger partial charge on any atom is -0.340 e. The number of aryl methyl sites for hydroxylation is 1. The summed E-state index contributed by atoms with van der Waals surface area (Å²) in [6, 6.07) is 16.6. The number of amides is 2. The Kier molecular flexibility index (Phi) is 8.59. The van der Waals surface area contributed by atoms with E-state index in [0.717, 1.165) is 18.4 Å². The van der Waals surface area contributed by atoms with E-state index >= 15 is 0 Å². The normalized spacial score (nSPS) is 14.5. The maximum atomic E-state index is 13.4. The van der Waals surface area contributed by atoms with Crippen molar-refractivity contribution < 1.29 is 14.0 Å². The van der Waals surface area contributed by atoms with E-state index in [9.17, 15) is 14.0 Å². The zero-order chi connectivity index (χ0) is 22.1. The lowest BCUT2D eigenvalue weighted by molar-refractivity contribution is -0.135. The van der Waals surface area contributed by atoms with E-state index in [4.69, 9.17) is 0 Å². The summed E-state index contributed by atoms with van der Waals surface area (Å²) in [4.78, 5) is 31.0. The maximum Gasteiger partial charge on any atom is 0.237 e. The lowest BCUT2D eigenvalue weighted by Crippen LogP contribution is -2.51. The van der Waals surface area contributed by atoms with Gasteiger partial charge in [-0.25, -0.2) is 4.39 Å². The first-order chi connectivity index (χ1) is 15.0. The second kappa shape index (κ2) is 11.6. The molecule has 0 atom stereocenters. The van der Waals surface area contributed by atoms with Crippen molar-refractivity contribution in [3.8, 4) is 0 Å². The number of halogens is 1. The summed E-state index contributed by atoms with van der Waals surface area (Å²) in [5.74, 6) is -0.0526. The van der Waals surface area contributed by atoms with Gasteiger partial charge in [0.2, 0.25) is 11.8 Å². The highest BCUT2D eigenvalue weighted by atomic mass is 19.1. The molecule has 31 heavy (non-hydrogen) atoms. The number of carbonyl (C=O) groups is 2. The highest BCUT2D eigenvalue weighted by Crippen LogP contribution is 2.11. The van der Waals surface area contributed by atoms with Crippen molar-refractivity contribution in [3.63, 3.8) is 0 Å². The molecule has 5 nitrogen and oxygen atoms in total. The summed E-state index contributed by atoms with van der Waals surface area (Å²) in [7, 11) is 0. The second-order valence-electron chi connectivity index (χ2n) is 8.03. The van der Waals surface area contributed by atoms with Crippen molar-refractivity contribution in [2.75, 3.05) is 39.3 Å². The predicted octanol–water partition coefficient (Wildman–Crippen LogP) is 3.34. The van der Waals surface area contributed by atoms with Crippen LogP contribution in [0.1, 0.15) is 30.9 Å². The highest BCUT2D eigenvalue weighted by Gasteiger charge is 2.23. The lowest BCUT2D eigenvalue weighted by Gasteiger charge is -2.35. The summed E-state index contributed by atoms with van der Waals surface area (Å²) >= 11 is 0. The fourth-order valence-electron chi connectivity index (χ4n) is 3.93. The van der Waals surface area contributed by atoms with Crippen LogP contribution < -0.4 is 0 Å². The van der Waals surface area contributed by atoms with Crippen LogP contribution in [-0.4, -0.2) is 65.8 Å². The van der Waals surface area contributed by atoms with Gasteiger partial charge in [0.1, 0.15) is 5.82 Å². The van der Waals surface area contributed by atoms with Crippen molar-refractivity contribution in [2.45, 2.75) is 32.7 Å². The van der Waals surface area contributed by atoms with Crippen LogP contribution >= 0.6 is 0 Å². The Hall–Kier alpha value is -2.73. The van der Waals surface area contributed by atoms with Crippen molar-refractivity contribution in [3.05, 3.63) is 71.5 Å². The number of rotatable bonds is 9. The molecule has 0 spiro atoms. The van der Waals surface area contributed by atoms with Crippen LogP contribution in [0, 0.1) is 5.82 Å². The SMILES string of the molecule is CCN(Cc1cccc(F)c1)C(=O)CN1CCN(C(=O)CCCc2ccccc2)CC1. The van der Waals surface area contributed by atoms with Gasteiger partial charge in [-0.1, -0.05) is 42.5 Å². The molecule has 0 unspecified atom stereocenters. The number of carbonyl (C=O) groups excluding carboxylic acids is 2. The quantitative estimate of drug-likeness (QED) is 0.619. The molecule has 1 aliphatic heterocycles. The van der Waals surface area contributed by atoms with Crippen LogP contribution in [0.4, 0.5) is 4.39 Å². The molecule has 0 radical (unpaired) electrons. The largest absolute Gasteiger partial charge is 0.340 e. The van der Waals surface area contributed by atoms with Gasteiger partial charge in [0.05, 0.1) is 6.54 Å². The van der Waals surface area contributed by atoms with Crippen LogP contribution in [0.5, 0.6) is 0 Å². The number of benzene rings is 2. The first-order valence-electron chi connectivity index (χ1n) is 11.1. The highest BCUT2D eigenvalue weighted by molar-refractivity contribution is 5.78. The topological polar surface area (TPSA) is 43.9 Å². The zero-order valence-electron chi connectivity index (χ0n) is 18.3. The number of hydrogen-bond donors (Lipinski definition) is 0. The molecule has 1 aliphatic rings. The molecule has 2 amide bonds. The van der Waals surface area contributed by atoms with E-state index in [-0.39, 0.29) is 17.6 Å². The molecule has 166 valence electrons. The molecule has 0 aliphatic carbocycles. The number of piperazine rings is 1. The fraction of sp³-hybridized carbons (Fsp3) is 0.440.